The molecule has 1 aromatic carbocycles. The van der Waals surface area contributed by atoms with Gasteiger partial charge in [0, 0.05) is 6.54 Å². The highest BCUT2D eigenvalue weighted by Crippen LogP contribution is 2.11. The van der Waals surface area contributed by atoms with Crippen molar-refractivity contribution in [2.45, 2.75) is 56.7 Å². The number of carboxylic acid groups (broad SMARTS) is 1. The van der Waals surface area contributed by atoms with Crippen molar-refractivity contribution in [1.82, 2.24) is 10.6 Å². The fraction of sp³-hybridized carbons (Fsp3) is 0.524. The quantitative estimate of drug-likeness (QED) is 0.0853. The second kappa shape index (κ2) is 14.6. The van der Waals surface area contributed by atoms with E-state index in [2.05, 4.69) is 15.6 Å². The number of aliphatic carboxylic acids is 1. The Morgan fingerprint density at radius 2 is 1.55 bits per heavy atom. The van der Waals surface area contributed by atoms with Crippen molar-refractivity contribution < 1.29 is 24.6 Å². The topological polar surface area (TPSA) is 232 Å². The second-order valence-corrected chi connectivity index (χ2v) is 7.67. The van der Waals surface area contributed by atoms with E-state index in [1.54, 1.807) is 12.1 Å². The maximum absolute atomic E-state index is 12.8. The third-order valence-electron chi connectivity index (χ3n) is 4.87. The SMILES string of the molecule is NCCCC[C@H](NC(=O)[C@@H](N)Cc1ccc(O)cc1)C(=O)N[C@@H](CCCN=C(N)N)C(=O)O. The lowest BCUT2D eigenvalue weighted by Crippen LogP contribution is -2.54. The third-order valence-corrected chi connectivity index (χ3v) is 4.87. The number of aliphatic imine (C=N–C) groups is 1. The molecular weight excluding hydrogens is 430 g/mol. The van der Waals surface area contributed by atoms with Gasteiger partial charge in [-0.3, -0.25) is 14.6 Å². The summed E-state index contributed by atoms with van der Waals surface area (Å²) in [5.41, 5.74) is 22.7. The van der Waals surface area contributed by atoms with Crippen LogP contribution in [0.25, 0.3) is 0 Å². The minimum Gasteiger partial charge on any atom is -0.508 e. The molecule has 0 heterocycles. The average molecular weight is 466 g/mol. The third kappa shape index (κ3) is 11.2. The van der Waals surface area contributed by atoms with E-state index in [0.717, 1.165) is 5.56 Å². The molecule has 0 aliphatic heterocycles. The van der Waals surface area contributed by atoms with Crippen molar-refractivity contribution in [3.05, 3.63) is 29.8 Å². The molecule has 184 valence electrons. The van der Waals surface area contributed by atoms with E-state index in [4.69, 9.17) is 22.9 Å². The Hall–Kier alpha value is -3.38. The first-order valence-electron chi connectivity index (χ1n) is 10.8. The molecule has 12 heteroatoms. The van der Waals surface area contributed by atoms with Crippen LogP contribution in [0.1, 0.15) is 37.7 Å². The van der Waals surface area contributed by atoms with Crippen molar-refractivity contribution in [3.8, 4) is 5.75 Å². The summed E-state index contributed by atoms with van der Waals surface area (Å²) < 4.78 is 0. The molecule has 1 rings (SSSR count). The maximum atomic E-state index is 12.8. The van der Waals surface area contributed by atoms with Gasteiger partial charge in [0.05, 0.1) is 6.04 Å². The number of phenolic OH excluding ortho intramolecular Hbond substituents is 1. The lowest BCUT2D eigenvalue weighted by atomic mass is 10.0. The number of carbonyl (C=O) groups excluding carboxylic acids is 2. The van der Waals surface area contributed by atoms with Gasteiger partial charge in [0.2, 0.25) is 11.8 Å². The molecule has 2 amide bonds. The monoisotopic (exact) mass is 465 g/mol. The molecule has 0 saturated heterocycles. The maximum Gasteiger partial charge on any atom is 0.326 e. The van der Waals surface area contributed by atoms with E-state index in [0.29, 0.717) is 25.8 Å². The molecule has 0 aliphatic rings. The van der Waals surface area contributed by atoms with E-state index in [1.165, 1.54) is 12.1 Å². The summed E-state index contributed by atoms with van der Waals surface area (Å²) in [6.07, 6.45) is 2.13. The summed E-state index contributed by atoms with van der Waals surface area (Å²) in [7, 11) is 0. The Morgan fingerprint density at radius 1 is 0.939 bits per heavy atom. The molecule has 12 nitrogen and oxygen atoms in total. The predicted octanol–water partition coefficient (Wildman–Crippen LogP) is -1.50. The van der Waals surface area contributed by atoms with Crippen molar-refractivity contribution >= 4 is 23.7 Å². The predicted molar refractivity (Wildman–Crippen MR) is 124 cm³/mol. The molecule has 0 saturated carbocycles. The standard InChI is InChI=1S/C21H35N7O5/c22-10-2-1-4-16(19(31)28-17(20(32)33)5-3-11-26-21(24)25)27-18(30)15(23)12-13-6-8-14(29)9-7-13/h6-9,15-17,29H,1-5,10-12,22-23H2,(H,27,30)(H,28,31)(H,32,33)(H4,24,25,26)/t15-,16-,17-/m0/s1. The summed E-state index contributed by atoms with van der Waals surface area (Å²) >= 11 is 0. The Bertz CT molecular complexity index is 797. The lowest BCUT2D eigenvalue weighted by Gasteiger charge is -2.23. The molecule has 0 unspecified atom stereocenters. The highest BCUT2D eigenvalue weighted by atomic mass is 16.4. The van der Waals surface area contributed by atoms with Gasteiger partial charge in [-0.15, -0.1) is 0 Å². The molecule has 0 aromatic heterocycles. The number of nitrogens with zero attached hydrogens (tertiary/aromatic N) is 1. The van der Waals surface area contributed by atoms with Gasteiger partial charge in [0.25, 0.3) is 0 Å². The first-order valence-corrected chi connectivity index (χ1v) is 10.8. The number of hydrogen-bond acceptors (Lipinski definition) is 7. The smallest absolute Gasteiger partial charge is 0.326 e. The molecule has 12 N–H and O–H groups in total. The number of carbonyl (C=O) groups is 3. The van der Waals surface area contributed by atoms with Crippen molar-refractivity contribution in [2.24, 2.45) is 27.9 Å². The molecule has 33 heavy (non-hydrogen) atoms. The minimum atomic E-state index is -1.20. The number of hydrogen-bond donors (Lipinski definition) is 8. The first kappa shape index (κ1) is 27.7. The number of phenols is 1. The van der Waals surface area contributed by atoms with Crippen LogP contribution < -0.4 is 33.6 Å². The van der Waals surface area contributed by atoms with Gasteiger partial charge in [-0.1, -0.05) is 12.1 Å². The average Bonchev–Trinajstić information content (AvgIpc) is 2.76. The van der Waals surface area contributed by atoms with E-state index in [1.807, 2.05) is 0 Å². The van der Waals surface area contributed by atoms with Gasteiger partial charge < -0.3 is 43.8 Å². The van der Waals surface area contributed by atoms with Crippen molar-refractivity contribution in [2.75, 3.05) is 13.1 Å². The lowest BCUT2D eigenvalue weighted by molar-refractivity contribution is -0.142. The number of aromatic hydroxyl groups is 1. The van der Waals surface area contributed by atoms with E-state index < -0.39 is 35.9 Å². The second-order valence-electron chi connectivity index (χ2n) is 7.67. The molecule has 0 radical (unpaired) electrons. The normalized spacial score (nSPS) is 13.4. The molecule has 0 fully saturated rings. The number of amides is 2. The van der Waals surface area contributed by atoms with Crippen LogP contribution in [0.4, 0.5) is 0 Å². The van der Waals surface area contributed by atoms with Crippen LogP contribution in [0, 0.1) is 0 Å². The van der Waals surface area contributed by atoms with Crippen molar-refractivity contribution in [1.29, 1.82) is 0 Å². The summed E-state index contributed by atoms with van der Waals surface area (Å²) in [5.74, 6) is -2.37. The van der Waals surface area contributed by atoms with E-state index in [-0.39, 0.29) is 37.5 Å². The molecule has 0 spiro atoms. The van der Waals surface area contributed by atoms with Crippen molar-refractivity contribution in [3.63, 3.8) is 0 Å². The van der Waals surface area contributed by atoms with Crippen LogP contribution in [0.15, 0.2) is 29.3 Å². The zero-order chi connectivity index (χ0) is 24.8. The van der Waals surface area contributed by atoms with Crippen LogP contribution in [-0.4, -0.2) is 65.2 Å². The number of carboxylic acids is 1. The largest absolute Gasteiger partial charge is 0.508 e. The molecule has 3 atom stereocenters. The number of nitrogens with two attached hydrogens (primary N) is 4. The number of nitrogens with one attached hydrogen (secondary N) is 2. The van der Waals surface area contributed by atoms with Crippen LogP contribution >= 0.6 is 0 Å². The molecule has 1 aromatic rings. The highest BCUT2D eigenvalue weighted by molar-refractivity contribution is 5.91. The Labute approximate surface area is 192 Å². The van der Waals surface area contributed by atoms with Gasteiger partial charge in [-0.05, 0) is 62.8 Å². The Kier molecular flexibility index (Phi) is 12.3. The van der Waals surface area contributed by atoms with Crippen LogP contribution in [0.5, 0.6) is 5.75 Å². The van der Waals surface area contributed by atoms with E-state index >= 15 is 0 Å². The van der Waals surface area contributed by atoms with Crippen LogP contribution in [0.2, 0.25) is 0 Å². The van der Waals surface area contributed by atoms with Gasteiger partial charge in [-0.25, -0.2) is 4.79 Å². The van der Waals surface area contributed by atoms with E-state index in [9.17, 15) is 24.6 Å². The fourth-order valence-electron chi connectivity index (χ4n) is 3.05. The van der Waals surface area contributed by atoms with Gasteiger partial charge in [-0.2, -0.15) is 0 Å². The zero-order valence-corrected chi connectivity index (χ0v) is 18.6. The number of unbranched alkanes of at least 4 members (excludes halogenated alkanes) is 1. The minimum absolute atomic E-state index is 0.0969. The fourth-order valence-corrected chi connectivity index (χ4v) is 3.05. The Morgan fingerprint density at radius 3 is 2.12 bits per heavy atom. The van der Waals surface area contributed by atoms with Gasteiger partial charge in [0.15, 0.2) is 5.96 Å². The molecular formula is C21H35N7O5. The Balaban J connectivity index is 2.76. The molecule has 0 bridgehead atoms. The summed E-state index contributed by atoms with van der Waals surface area (Å²) in [6.45, 7) is 0.649. The number of guanidine groups is 1. The number of benzene rings is 1. The zero-order valence-electron chi connectivity index (χ0n) is 18.6. The van der Waals surface area contributed by atoms with Gasteiger partial charge >= 0.3 is 5.97 Å². The van der Waals surface area contributed by atoms with Crippen LogP contribution in [-0.2, 0) is 20.8 Å². The highest BCUT2D eigenvalue weighted by Gasteiger charge is 2.27. The first-order chi connectivity index (χ1) is 15.6. The molecule has 0 aliphatic carbocycles. The summed E-state index contributed by atoms with van der Waals surface area (Å²) in [6, 6.07) is 3.21. The summed E-state index contributed by atoms with van der Waals surface area (Å²) in [4.78, 5) is 40.8. The number of rotatable bonds is 15. The van der Waals surface area contributed by atoms with Crippen LogP contribution in [0.3, 0.4) is 0 Å². The van der Waals surface area contributed by atoms with Gasteiger partial charge in [0.1, 0.15) is 17.8 Å². The summed E-state index contributed by atoms with van der Waals surface area (Å²) in [5, 5.41) is 23.9.